The van der Waals surface area contributed by atoms with Crippen molar-refractivity contribution >= 4 is 19.0 Å². The second-order valence-electron chi connectivity index (χ2n) is 2.71. The van der Waals surface area contributed by atoms with Crippen LogP contribution in [0.2, 0.25) is 0 Å². The third kappa shape index (κ3) is 1.28. The van der Waals surface area contributed by atoms with E-state index in [4.69, 9.17) is 4.52 Å². The van der Waals surface area contributed by atoms with Gasteiger partial charge in [-0.1, -0.05) is 12.1 Å². The van der Waals surface area contributed by atoms with E-state index in [1.54, 1.807) is 12.7 Å². The number of fused-ring (bicyclic) bond motifs is 1. The molecule has 3 nitrogen and oxygen atoms in total. The summed E-state index contributed by atoms with van der Waals surface area (Å²) in [4.78, 5) is 4.03. The van der Waals surface area contributed by atoms with Gasteiger partial charge in [0.2, 0.25) is 0 Å². The van der Waals surface area contributed by atoms with E-state index in [1.807, 2.05) is 18.2 Å². The van der Waals surface area contributed by atoms with Crippen LogP contribution in [0.15, 0.2) is 29.3 Å². The van der Waals surface area contributed by atoms with Gasteiger partial charge >= 0.3 is 0 Å². The molecule has 1 atom stereocenters. The van der Waals surface area contributed by atoms with Crippen LogP contribution in [0.4, 0.5) is 5.69 Å². The molecule has 1 unspecified atom stereocenters. The van der Waals surface area contributed by atoms with Crippen molar-refractivity contribution < 1.29 is 9.09 Å². The predicted octanol–water partition coefficient (Wildman–Crippen LogP) is 2.65. The van der Waals surface area contributed by atoms with Gasteiger partial charge in [0.15, 0.2) is 5.75 Å². The maximum absolute atomic E-state index is 11.4. The minimum atomic E-state index is -2.61. The van der Waals surface area contributed by atoms with Gasteiger partial charge in [-0.3, -0.25) is 4.57 Å². The SMILES string of the molecule is CP1(=O)C=Nc2ccccc2O1. The Balaban J connectivity index is 2.53. The summed E-state index contributed by atoms with van der Waals surface area (Å²) in [5, 5.41) is 0. The molecule has 1 aliphatic heterocycles. The minimum Gasteiger partial charge on any atom is -0.437 e. The molecule has 1 aromatic rings. The fourth-order valence-corrected chi connectivity index (χ4v) is 1.95. The summed E-state index contributed by atoms with van der Waals surface area (Å²) >= 11 is 0. The van der Waals surface area contributed by atoms with E-state index in [1.165, 1.54) is 5.96 Å². The highest BCUT2D eigenvalue weighted by Gasteiger charge is 2.20. The molecule has 0 amide bonds. The zero-order valence-electron chi connectivity index (χ0n) is 6.60. The van der Waals surface area contributed by atoms with Crippen LogP contribution in [-0.2, 0) is 4.57 Å². The van der Waals surface area contributed by atoms with Gasteiger partial charge in [0.1, 0.15) is 11.6 Å². The molecule has 1 aromatic carbocycles. The van der Waals surface area contributed by atoms with Crippen molar-refractivity contribution in [1.29, 1.82) is 0 Å². The first-order chi connectivity index (χ1) is 5.67. The monoisotopic (exact) mass is 181 g/mol. The number of para-hydroxylation sites is 2. The molecule has 0 radical (unpaired) electrons. The fraction of sp³-hybridized carbons (Fsp3) is 0.125. The molecule has 0 aliphatic carbocycles. The zero-order chi connectivity index (χ0) is 8.60. The topological polar surface area (TPSA) is 38.7 Å². The van der Waals surface area contributed by atoms with Gasteiger partial charge < -0.3 is 4.52 Å². The standard InChI is InChI=1S/C8H8NO2P/c1-12(10)6-9-7-4-2-3-5-8(7)11-12/h2-6H,1H3. The highest BCUT2D eigenvalue weighted by molar-refractivity contribution is 7.73. The Kier molecular flexibility index (Phi) is 1.55. The van der Waals surface area contributed by atoms with Crippen LogP contribution < -0.4 is 4.52 Å². The van der Waals surface area contributed by atoms with Crippen LogP contribution in [0.1, 0.15) is 0 Å². The van der Waals surface area contributed by atoms with Crippen LogP contribution in [0.5, 0.6) is 5.75 Å². The Labute approximate surface area is 70.5 Å². The maximum atomic E-state index is 11.4. The van der Waals surface area contributed by atoms with Crippen molar-refractivity contribution in [2.45, 2.75) is 0 Å². The summed E-state index contributed by atoms with van der Waals surface area (Å²) in [5.41, 5.74) is 0.742. The Morgan fingerprint density at radius 1 is 1.42 bits per heavy atom. The Morgan fingerprint density at radius 2 is 2.17 bits per heavy atom. The summed E-state index contributed by atoms with van der Waals surface area (Å²) in [5.74, 6) is 1.99. The number of hydrogen-bond donors (Lipinski definition) is 0. The zero-order valence-corrected chi connectivity index (χ0v) is 7.49. The molecule has 1 aliphatic rings. The van der Waals surface area contributed by atoms with Crippen LogP contribution in [0.25, 0.3) is 0 Å². The largest absolute Gasteiger partial charge is 0.437 e. The lowest BCUT2D eigenvalue weighted by atomic mass is 10.3. The highest BCUT2D eigenvalue weighted by atomic mass is 31.2. The fourth-order valence-electron chi connectivity index (χ4n) is 1.03. The molecule has 4 heteroatoms. The third-order valence-corrected chi connectivity index (χ3v) is 2.65. The van der Waals surface area contributed by atoms with E-state index in [2.05, 4.69) is 4.99 Å². The minimum absolute atomic E-state index is 0.603. The molecular weight excluding hydrogens is 173 g/mol. The summed E-state index contributed by atoms with van der Waals surface area (Å²) in [6.07, 6.45) is 0. The van der Waals surface area contributed by atoms with Crippen molar-refractivity contribution in [1.82, 2.24) is 0 Å². The average molecular weight is 181 g/mol. The third-order valence-electron chi connectivity index (χ3n) is 1.55. The normalized spacial score (nSPS) is 26.1. The summed E-state index contributed by atoms with van der Waals surface area (Å²) in [7, 11) is -2.61. The van der Waals surface area contributed by atoms with Gasteiger partial charge in [-0.15, -0.1) is 0 Å². The molecule has 62 valence electrons. The van der Waals surface area contributed by atoms with E-state index < -0.39 is 7.37 Å². The van der Waals surface area contributed by atoms with Gasteiger partial charge in [0, 0.05) is 6.66 Å². The van der Waals surface area contributed by atoms with E-state index in [0.29, 0.717) is 5.75 Å². The molecule has 0 saturated heterocycles. The first-order valence-corrected chi connectivity index (χ1v) is 5.72. The van der Waals surface area contributed by atoms with Crippen LogP contribution in [0, 0.1) is 0 Å². The van der Waals surface area contributed by atoms with E-state index in [9.17, 15) is 4.57 Å². The predicted molar refractivity (Wildman–Crippen MR) is 48.8 cm³/mol. The van der Waals surface area contributed by atoms with Gasteiger partial charge in [-0.05, 0) is 12.1 Å². The maximum Gasteiger partial charge on any atom is 0.285 e. The average Bonchev–Trinajstić information content (AvgIpc) is 2.02. The summed E-state index contributed by atoms with van der Waals surface area (Å²) < 4.78 is 16.7. The lowest BCUT2D eigenvalue weighted by molar-refractivity contribution is 0.500. The molecule has 12 heavy (non-hydrogen) atoms. The lowest BCUT2D eigenvalue weighted by Crippen LogP contribution is -1.96. The molecule has 0 spiro atoms. The van der Waals surface area contributed by atoms with E-state index >= 15 is 0 Å². The van der Waals surface area contributed by atoms with Crippen LogP contribution in [0.3, 0.4) is 0 Å². The Hall–Kier alpha value is -1.08. The summed E-state index contributed by atoms with van der Waals surface area (Å²) in [6.45, 7) is 1.55. The second kappa shape index (κ2) is 2.46. The molecule has 0 bridgehead atoms. The smallest absolute Gasteiger partial charge is 0.285 e. The first kappa shape index (κ1) is 7.56. The van der Waals surface area contributed by atoms with Gasteiger partial charge in [-0.2, -0.15) is 0 Å². The van der Waals surface area contributed by atoms with Crippen molar-refractivity contribution in [3.8, 4) is 5.75 Å². The Bertz CT molecular complexity index is 386. The highest BCUT2D eigenvalue weighted by Crippen LogP contribution is 2.47. The van der Waals surface area contributed by atoms with Crippen LogP contribution in [-0.4, -0.2) is 12.6 Å². The van der Waals surface area contributed by atoms with E-state index in [-0.39, 0.29) is 0 Å². The molecule has 2 rings (SSSR count). The van der Waals surface area contributed by atoms with Gasteiger partial charge in [-0.25, -0.2) is 4.99 Å². The molecule has 0 saturated carbocycles. The molecule has 1 heterocycles. The molecular formula is C8H8NO2P. The number of nitrogens with zero attached hydrogens (tertiary/aromatic N) is 1. The van der Waals surface area contributed by atoms with E-state index in [0.717, 1.165) is 5.69 Å². The Morgan fingerprint density at radius 3 is 3.00 bits per heavy atom. The van der Waals surface area contributed by atoms with Crippen molar-refractivity contribution in [3.63, 3.8) is 0 Å². The van der Waals surface area contributed by atoms with Gasteiger partial charge in [0.25, 0.3) is 7.37 Å². The van der Waals surface area contributed by atoms with Crippen molar-refractivity contribution in [2.24, 2.45) is 4.99 Å². The van der Waals surface area contributed by atoms with Crippen molar-refractivity contribution in [2.75, 3.05) is 6.66 Å². The van der Waals surface area contributed by atoms with Crippen molar-refractivity contribution in [3.05, 3.63) is 24.3 Å². The quantitative estimate of drug-likeness (QED) is 0.577. The first-order valence-electron chi connectivity index (χ1n) is 3.58. The molecule has 0 N–H and O–H groups in total. The second-order valence-corrected chi connectivity index (χ2v) is 4.94. The number of rotatable bonds is 0. The number of hydrogen-bond acceptors (Lipinski definition) is 3. The number of aliphatic imine (C=N–C) groups is 1. The molecule has 0 aromatic heterocycles. The number of benzene rings is 1. The summed E-state index contributed by atoms with van der Waals surface area (Å²) in [6, 6.07) is 7.29. The lowest BCUT2D eigenvalue weighted by Gasteiger charge is -2.16. The van der Waals surface area contributed by atoms with Crippen LogP contribution >= 0.6 is 7.37 Å². The molecule has 0 fully saturated rings. The van der Waals surface area contributed by atoms with Gasteiger partial charge in [0.05, 0.1) is 0 Å².